The van der Waals surface area contributed by atoms with Crippen molar-refractivity contribution in [2.24, 2.45) is 10.6 Å². The van der Waals surface area contributed by atoms with Gasteiger partial charge in [-0.05, 0) is 49.6 Å². The summed E-state index contributed by atoms with van der Waals surface area (Å²) in [5.41, 5.74) is -2.66. The lowest BCUT2D eigenvalue weighted by Crippen LogP contribution is -2.42. The third kappa shape index (κ3) is 4.37. The second-order valence-electron chi connectivity index (χ2n) is 8.25. The van der Waals surface area contributed by atoms with Crippen molar-refractivity contribution in [1.29, 1.82) is 5.26 Å². The monoisotopic (exact) mass is 496 g/mol. The maximum absolute atomic E-state index is 14.1. The Bertz CT molecular complexity index is 1180. The molecule has 0 bridgehead atoms. The molecule has 1 N–H and O–H groups in total. The third-order valence-electron chi connectivity index (χ3n) is 5.84. The summed E-state index contributed by atoms with van der Waals surface area (Å²) in [5.74, 6) is -0.407. The highest BCUT2D eigenvalue weighted by Gasteiger charge is 2.62. The number of benzene rings is 1. The molecular weight excluding hydrogens is 480 g/mol. The fourth-order valence-corrected chi connectivity index (χ4v) is 4.13. The molecule has 0 radical (unpaired) electrons. The van der Waals surface area contributed by atoms with Crippen LogP contribution in [-0.2, 0) is 10.4 Å². The highest BCUT2D eigenvalue weighted by Crippen LogP contribution is 2.49. The lowest BCUT2D eigenvalue weighted by Gasteiger charge is -2.29. The predicted molar refractivity (Wildman–Crippen MR) is 115 cm³/mol. The molecule has 6 nitrogen and oxygen atoms in total. The maximum Gasteiger partial charge on any atom is 0.435 e. The van der Waals surface area contributed by atoms with Crippen LogP contribution in [0.3, 0.4) is 0 Å². The van der Waals surface area contributed by atoms with Gasteiger partial charge in [0.2, 0.25) is 0 Å². The van der Waals surface area contributed by atoms with Gasteiger partial charge in [-0.25, -0.2) is 0 Å². The van der Waals surface area contributed by atoms with Crippen LogP contribution in [0.15, 0.2) is 35.6 Å². The number of nitriles is 1. The van der Waals surface area contributed by atoms with Gasteiger partial charge in [-0.3, -0.25) is 9.78 Å². The Balaban J connectivity index is 1.57. The molecule has 1 fully saturated rings. The molecule has 1 aliphatic heterocycles. The minimum atomic E-state index is -4.82. The highest BCUT2D eigenvalue weighted by atomic mass is 35.5. The SMILES string of the molecule is Cc1cc(C2=NOC(c3cc(Cl)cc(Cl)c3)(C(F)(F)F)C2)ncc1C(=O)NCC1(C#N)CC1. The minimum absolute atomic E-state index is 0.0279. The molecule has 2 aromatic rings. The first-order valence-electron chi connectivity index (χ1n) is 9.93. The number of hydrogen-bond acceptors (Lipinski definition) is 5. The fraction of sp³-hybridized carbons (Fsp3) is 0.364. The van der Waals surface area contributed by atoms with E-state index in [1.807, 2.05) is 0 Å². The van der Waals surface area contributed by atoms with Crippen LogP contribution in [0.25, 0.3) is 0 Å². The van der Waals surface area contributed by atoms with Crippen molar-refractivity contribution in [3.63, 3.8) is 0 Å². The van der Waals surface area contributed by atoms with Crippen molar-refractivity contribution in [3.8, 4) is 6.07 Å². The van der Waals surface area contributed by atoms with Crippen LogP contribution >= 0.6 is 23.2 Å². The first kappa shape index (κ1) is 23.3. The molecule has 0 spiro atoms. The predicted octanol–water partition coefficient (Wildman–Crippen LogP) is 5.31. The Morgan fingerprint density at radius 3 is 2.45 bits per heavy atom. The molecular formula is C22H17Cl2F3N4O2. The largest absolute Gasteiger partial charge is 0.435 e. The number of aromatic nitrogens is 1. The quantitative estimate of drug-likeness (QED) is 0.607. The molecule has 4 rings (SSSR count). The number of halogens is 5. The summed E-state index contributed by atoms with van der Waals surface area (Å²) in [6.07, 6.45) is -2.72. The fourth-order valence-electron chi connectivity index (χ4n) is 3.60. The van der Waals surface area contributed by atoms with Crippen LogP contribution in [0.2, 0.25) is 10.0 Å². The van der Waals surface area contributed by atoms with Crippen LogP contribution in [0.4, 0.5) is 13.2 Å². The van der Waals surface area contributed by atoms with Gasteiger partial charge in [0.05, 0.1) is 29.2 Å². The maximum atomic E-state index is 14.1. The zero-order valence-corrected chi connectivity index (χ0v) is 18.8. The molecule has 1 aromatic heterocycles. The van der Waals surface area contributed by atoms with E-state index in [1.165, 1.54) is 18.3 Å². The molecule has 2 heterocycles. The number of nitrogens with zero attached hydrogens (tertiary/aromatic N) is 3. The minimum Gasteiger partial charge on any atom is -0.374 e. The topological polar surface area (TPSA) is 87.4 Å². The van der Waals surface area contributed by atoms with Gasteiger partial charge in [-0.15, -0.1) is 0 Å². The Labute approximate surface area is 197 Å². The molecule has 11 heteroatoms. The Kier molecular flexibility index (Phi) is 5.79. The van der Waals surface area contributed by atoms with Crippen molar-refractivity contribution < 1.29 is 22.8 Å². The van der Waals surface area contributed by atoms with Crippen molar-refractivity contribution in [1.82, 2.24) is 10.3 Å². The molecule has 1 aliphatic carbocycles. The molecule has 1 amide bonds. The zero-order chi connectivity index (χ0) is 24.0. The number of carbonyl (C=O) groups excluding carboxylic acids is 1. The standard InChI is InChI=1S/C22H17Cl2F3N4O2/c1-12-4-17(29-9-16(12)19(32)30-11-20(10-28)2-3-20)18-8-21(33-31-18,22(25,26)27)13-5-14(23)7-15(24)6-13/h4-7,9H,2-3,8,11H2,1H3,(H,30,32). The second kappa shape index (κ2) is 8.19. The third-order valence-corrected chi connectivity index (χ3v) is 6.28. The van der Waals surface area contributed by atoms with Gasteiger partial charge in [0.15, 0.2) is 0 Å². The van der Waals surface area contributed by atoms with Crippen molar-refractivity contribution in [2.45, 2.75) is 38.0 Å². The van der Waals surface area contributed by atoms with E-state index in [0.29, 0.717) is 5.56 Å². The van der Waals surface area contributed by atoms with Gasteiger partial charge < -0.3 is 10.2 Å². The summed E-state index contributed by atoms with van der Waals surface area (Å²) in [4.78, 5) is 21.6. The number of hydrogen-bond donors (Lipinski definition) is 1. The summed E-state index contributed by atoms with van der Waals surface area (Å²) in [6, 6.07) is 7.27. The molecule has 1 saturated carbocycles. The Morgan fingerprint density at radius 2 is 1.91 bits per heavy atom. The van der Waals surface area contributed by atoms with Crippen LogP contribution in [-0.4, -0.2) is 29.3 Å². The number of nitrogens with one attached hydrogen (secondary N) is 1. The van der Waals surface area contributed by atoms with E-state index >= 15 is 0 Å². The van der Waals surface area contributed by atoms with E-state index in [9.17, 15) is 18.0 Å². The number of alkyl halides is 3. The van der Waals surface area contributed by atoms with Crippen molar-refractivity contribution in [3.05, 3.63) is 62.9 Å². The van der Waals surface area contributed by atoms with Gasteiger partial charge >= 0.3 is 6.18 Å². The first-order valence-corrected chi connectivity index (χ1v) is 10.7. The number of aryl methyl sites for hydroxylation is 1. The Hall–Kier alpha value is -2.83. The zero-order valence-electron chi connectivity index (χ0n) is 17.3. The van der Waals surface area contributed by atoms with Crippen LogP contribution in [0.5, 0.6) is 0 Å². The first-order chi connectivity index (χ1) is 15.5. The van der Waals surface area contributed by atoms with Gasteiger partial charge in [0, 0.05) is 28.4 Å². The Morgan fingerprint density at radius 1 is 1.24 bits per heavy atom. The average molecular weight is 497 g/mol. The van der Waals surface area contributed by atoms with Gasteiger partial charge in [-0.1, -0.05) is 28.4 Å². The highest BCUT2D eigenvalue weighted by molar-refractivity contribution is 6.34. The van der Waals surface area contributed by atoms with Crippen LogP contribution in [0, 0.1) is 23.7 Å². The number of rotatable bonds is 5. The molecule has 1 aromatic carbocycles. The summed E-state index contributed by atoms with van der Waals surface area (Å²) in [7, 11) is 0. The van der Waals surface area contributed by atoms with E-state index in [-0.39, 0.29) is 39.1 Å². The van der Waals surface area contributed by atoms with Crippen LogP contribution in [0.1, 0.15) is 46.4 Å². The number of amides is 1. The van der Waals surface area contributed by atoms with E-state index in [2.05, 4.69) is 21.5 Å². The van der Waals surface area contributed by atoms with Crippen molar-refractivity contribution >= 4 is 34.8 Å². The summed E-state index contributed by atoms with van der Waals surface area (Å²) in [5, 5.41) is 15.6. The molecule has 2 aliphatic rings. The second-order valence-corrected chi connectivity index (χ2v) is 9.12. The van der Waals surface area contributed by atoms with E-state index in [4.69, 9.17) is 33.3 Å². The van der Waals surface area contributed by atoms with E-state index < -0.39 is 29.5 Å². The average Bonchev–Trinajstić information content (AvgIpc) is 3.37. The number of pyridine rings is 1. The summed E-state index contributed by atoms with van der Waals surface area (Å²) < 4.78 is 42.4. The molecule has 1 atom stereocenters. The molecule has 1 unspecified atom stereocenters. The summed E-state index contributed by atoms with van der Waals surface area (Å²) in [6.45, 7) is 1.88. The molecule has 0 saturated heterocycles. The number of oxime groups is 1. The van der Waals surface area contributed by atoms with Crippen LogP contribution < -0.4 is 5.32 Å². The van der Waals surface area contributed by atoms with Gasteiger partial charge in [0.25, 0.3) is 11.5 Å². The normalized spacial score (nSPS) is 21.1. The molecule has 172 valence electrons. The lowest BCUT2D eigenvalue weighted by atomic mass is 9.87. The lowest BCUT2D eigenvalue weighted by molar-refractivity contribution is -0.275. The van der Waals surface area contributed by atoms with E-state index in [0.717, 1.165) is 25.0 Å². The van der Waals surface area contributed by atoms with Gasteiger partial charge in [-0.2, -0.15) is 18.4 Å². The van der Waals surface area contributed by atoms with Crippen molar-refractivity contribution in [2.75, 3.05) is 6.54 Å². The molecule has 33 heavy (non-hydrogen) atoms. The number of carbonyl (C=O) groups is 1. The smallest absolute Gasteiger partial charge is 0.374 e. The summed E-state index contributed by atoms with van der Waals surface area (Å²) >= 11 is 11.8. The van der Waals surface area contributed by atoms with E-state index in [1.54, 1.807) is 6.92 Å². The van der Waals surface area contributed by atoms with Gasteiger partial charge in [0.1, 0.15) is 5.71 Å².